The zero-order valence-electron chi connectivity index (χ0n) is 18.4. The van der Waals surface area contributed by atoms with Gasteiger partial charge in [0.05, 0.1) is 6.54 Å². The van der Waals surface area contributed by atoms with Crippen LogP contribution in [0.2, 0.25) is 0 Å². The minimum Gasteiger partial charge on any atom is -0.477 e. The molecule has 0 spiro atoms. The molecule has 1 aliphatic rings. The number of allylic oxidation sites excluding steroid dienone is 5. The summed E-state index contributed by atoms with van der Waals surface area (Å²) in [4.78, 5) is 2.35. The van der Waals surface area contributed by atoms with Crippen molar-refractivity contribution in [1.29, 1.82) is 0 Å². The van der Waals surface area contributed by atoms with E-state index in [0.29, 0.717) is 6.61 Å². The van der Waals surface area contributed by atoms with E-state index >= 15 is 0 Å². The Bertz CT molecular complexity index is 1130. The van der Waals surface area contributed by atoms with E-state index in [1.54, 1.807) is 6.08 Å². The number of ether oxygens (including phenoxy) is 1. The van der Waals surface area contributed by atoms with Crippen molar-refractivity contribution in [3.8, 4) is 0 Å². The third-order valence-electron chi connectivity index (χ3n) is 5.65. The summed E-state index contributed by atoms with van der Waals surface area (Å²) in [7, 11) is 0. The second-order valence-electron chi connectivity index (χ2n) is 7.86. The Kier molecular flexibility index (Phi) is 7.04. The molecule has 0 bridgehead atoms. The summed E-state index contributed by atoms with van der Waals surface area (Å²) in [5.41, 5.74) is 7.02. The largest absolute Gasteiger partial charge is 0.477 e. The van der Waals surface area contributed by atoms with E-state index < -0.39 is 0 Å². The van der Waals surface area contributed by atoms with Gasteiger partial charge in [-0.15, -0.1) is 0 Å². The van der Waals surface area contributed by atoms with Gasteiger partial charge in [-0.3, -0.25) is 0 Å². The summed E-state index contributed by atoms with van der Waals surface area (Å²) in [6.45, 7) is 10.5. The molecule has 160 valence electrons. The van der Waals surface area contributed by atoms with Crippen LogP contribution in [0.5, 0.6) is 0 Å². The van der Waals surface area contributed by atoms with Gasteiger partial charge in [0.1, 0.15) is 6.61 Å². The smallest absolute Gasteiger partial charge is 0.194 e. The average Bonchev–Trinajstić information content (AvgIpc) is 3.30. The fourth-order valence-electron chi connectivity index (χ4n) is 4.07. The van der Waals surface area contributed by atoms with Crippen molar-refractivity contribution in [3.63, 3.8) is 0 Å². The fourth-order valence-corrected chi connectivity index (χ4v) is 4.07. The van der Waals surface area contributed by atoms with Gasteiger partial charge in [0.25, 0.3) is 0 Å². The molecule has 4 rings (SSSR count). The molecular formula is C30H29NO. The third-order valence-corrected chi connectivity index (χ3v) is 5.65. The van der Waals surface area contributed by atoms with E-state index in [9.17, 15) is 0 Å². The predicted molar refractivity (Wildman–Crippen MR) is 135 cm³/mol. The standard InChI is InChI=1S/C30H29NO/c1-3-4-13-24(2)28-19-12-11-18-27(28)22-29(26-16-9-6-10-17-26)30-31(20-21-32-30)23-25-14-7-5-8-15-25/h3-19H,1-2,20-23H2/b13-4-,30-29-. The minimum atomic E-state index is 0.703. The Balaban J connectivity index is 1.74. The van der Waals surface area contributed by atoms with E-state index in [0.717, 1.165) is 36.5 Å². The highest BCUT2D eigenvalue weighted by molar-refractivity contribution is 5.77. The number of rotatable bonds is 8. The van der Waals surface area contributed by atoms with Crippen LogP contribution < -0.4 is 0 Å². The second-order valence-corrected chi connectivity index (χ2v) is 7.86. The van der Waals surface area contributed by atoms with Crippen molar-refractivity contribution < 1.29 is 4.74 Å². The number of benzene rings is 3. The number of nitrogens with zero attached hydrogens (tertiary/aromatic N) is 1. The molecule has 0 unspecified atom stereocenters. The maximum absolute atomic E-state index is 6.25. The lowest BCUT2D eigenvalue weighted by Gasteiger charge is -2.22. The average molecular weight is 420 g/mol. The second kappa shape index (κ2) is 10.5. The van der Waals surface area contributed by atoms with Gasteiger partial charge in [0.15, 0.2) is 5.88 Å². The van der Waals surface area contributed by atoms with E-state index in [1.807, 2.05) is 12.2 Å². The molecule has 1 aliphatic heterocycles. The molecule has 0 amide bonds. The van der Waals surface area contributed by atoms with Crippen molar-refractivity contribution in [1.82, 2.24) is 4.90 Å². The monoisotopic (exact) mass is 419 g/mol. The first kappa shape index (κ1) is 21.5. The molecule has 0 radical (unpaired) electrons. The van der Waals surface area contributed by atoms with Crippen molar-refractivity contribution in [2.75, 3.05) is 13.2 Å². The van der Waals surface area contributed by atoms with Crippen LogP contribution >= 0.6 is 0 Å². The first-order chi connectivity index (χ1) is 15.8. The highest BCUT2D eigenvalue weighted by atomic mass is 16.5. The van der Waals surface area contributed by atoms with Crippen LogP contribution in [0.4, 0.5) is 0 Å². The van der Waals surface area contributed by atoms with Crippen LogP contribution in [-0.4, -0.2) is 18.1 Å². The van der Waals surface area contributed by atoms with Gasteiger partial charge in [0.2, 0.25) is 0 Å². The van der Waals surface area contributed by atoms with Gasteiger partial charge in [-0.05, 0) is 27.8 Å². The molecule has 3 aromatic carbocycles. The lowest BCUT2D eigenvalue weighted by Crippen LogP contribution is -2.19. The van der Waals surface area contributed by atoms with E-state index in [2.05, 4.69) is 103 Å². The third kappa shape index (κ3) is 5.09. The Labute approximate surface area is 191 Å². The van der Waals surface area contributed by atoms with Crippen LogP contribution in [0.3, 0.4) is 0 Å². The van der Waals surface area contributed by atoms with Crippen molar-refractivity contribution in [2.45, 2.75) is 13.0 Å². The van der Waals surface area contributed by atoms with Gasteiger partial charge in [-0.1, -0.05) is 116 Å². The van der Waals surface area contributed by atoms with Gasteiger partial charge < -0.3 is 9.64 Å². The van der Waals surface area contributed by atoms with Crippen LogP contribution in [0, 0.1) is 0 Å². The molecule has 2 heteroatoms. The zero-order valence-corrected chi connectivity index (χ0v) is 18.4. The molecule has 0 aliphatic carbocycles. The molecule has 32 heavy (non-hydrogen) atoms. The molecule has 0 aromatic heterocycles. The van der Waals surface area contributed by atoms with Crippen LogP contribution in [-0.2, 0) is 17.7 Å². The maximum Gasteiger partial charge on any atom is 0.194 e. The van der Waals surface area contributed by atoms with Gasteiger partial charge >= 0.3 is 0 Å². The maximum atomic E-state index is 6.25. The SMILES string of the molecule is C=C/C=C\C(=C)c1ccccc1C/C(=C1/OCCN1Cc1ccccc1)c1ccccc1. The summed E-state index contributed by atoms with van der Waals surface area (Å²) in [5.74, 6) is 0.974. The quantitative estimate of drug-likeness (QED) is 0.369. The van der Waals surface area contributed by atoms with Crippen LogP contribution in [0.1, 0.15) is 22.3 Å². The van der Waals surface area contributed by atoms with Crippen molar-refractivity contribution in [2.24, 2.45) is 0 Å². The molecule has 2 nitrogen and oxygen atoms in total. The van der Waals surface area contributed by atoms with Crippen LogP contribution in [0.25, 0.3) is 11.1 Å². The molecule has 3 aromatic rings. The summed E-state index contributed by atoms with van der Waals surface area (Å²) >= 11 is 0. The molecule has 0 atom stereocenters. The van der Waals surface area contributed by atoms with Gasteiger partial charge in [-0.25, -0.2) is 0 Å². The summed E-state index contributed by atoms with van der Waals surface area (Å²) in [6, 6.07) is 29.6. The summed E-state index contributed by atoms with van der Waals surface area (Å²) < 4.78 is 6.25. The highest BCUT2D eigenvalue weighted by Gasteiger charge is 2.24. The Morgan fingerprint density at radius 2 is 1.59 bits per heavy atom. The highest BCUT2D eigenvalue weighted by Crippen LogP contribution is 2.32. The van der Waals surface area contributed by atoms with E-state index in [-0.39, 0.29) is 0 Å². The molecule has 1 saturated heterocycles. The van der Waals surface area contributed by atoms with Crippen molar-refractivity contribution >= 4 is 11.1 Å². The lowest BCUT2D eigenvalue weighted by molar-refractivity contribution is 0.233. The predicted octanol–water partition coefficient (Wildman–Crippen LogP) is 6.89. The fraction of sp³-hybridized carbons (Fsp3) is 0.133. The number of hydrogen-bond acceptors (Lipinski definition) is 2. The van der Waals surface area contributed by atoms with Gasteiger partial charge in [-0.2, -0.15) is 0 Å². The molecule has 1 fully saturated rings. The van der Waals surface area contributed by atoms with E-state index in [4.69, 9.17) is 4.74 Å². The zero-order chi connectivity index (χ0) is 22.2. The van der Waals surface area contributed by atoms with Gasteiger partial charge in [0, 0.05) is 18.5 Å². The topological polar surface area (TPSA) is 12.5 Å². The first-order valence-corrected chi connectivity index (χ1v) is 11.0. The van der Waals surface area contributed by atoms with E-state index in [1.165, 1.54) is 22.3 Å². The summed E-state index contributed by atoms with van der Waals surface area (Å²) in [6.07, 6.45) is 6.48. The van der Waals surface area contributed by atoms with Crippen LogP contribution in [0.15, 0.2) is 122 Å². The Morgan fingerprint density at radius 3 is 2.34 bits per heavy atom. The summed E-state index contributed by atoms with van der Waals surface area (Å²) in [5, 5.41) is 0. The lowest BCUT2D eigenvalue weighted by atomic mass is 9.92. The molecule has 1 heterocycles. The minimum absolute atomic E-state index is 0.703. The normalized spacial score (nSPS) is 14.9. The number of hydrogen-bond donors (Lipinski definition) is 0. The molecule has 0 N–H and O–H groups in total. The first-order valence-electron chi connectivity index (χ1n) is 11.0. The Morgan fingerprint density at radius 1 is 0.906 bits per heavy atom. The molecular weight excluding hydrogens is 390 g/mol. The Hall–Kier alpha value is -3.78. The molecule has 0 saturated carbocycles. The van der Waals surface area contributed by atoms with Crippen molar-refractivity contribution in [3.05, 3.63) is 144 Å².